The number of amides is 2. The molecule has 2 aliphatic heterocycles. The van der Waals surface area contributed by atoms with Gasteiger partial charge in [-0.05, 0) is 44.7 Å². The van der Waals surface area contributed by atoms with Crippen LogP contribution in [0.2, 0.25) is 0 Å². The fourth-order valence-corrected chi connectivity index (χ4v) is 4.40. The molecule has 1 spiro atoms. The highest BCUT2D eigenvalue weighted by molar-refractivity contribution is 5.96. The smallest absolute Gasteiger partial charge is 0.259 e. The zero-order chi connectivity index (χ0) is 20.0. The fourth-order valence-electron chi connectivity index (χ4n) is 4.40. The Bertz CT molecular complexity index is 696. The van der Waals surface area contributed by atoms with Crippen molar-refractivity contribution in [3.63, 3.8) is 0 Å². The Morgan fingerprint density at radius 1 is 1.32 bits per heavy atom. The van der Waals surface area contributed by atoms with Crippen molar-refractivity contribution in [3.8, 4) is 5.88 Å². The van der Waals surface area contributed by atoms with E-state index in [0.29, 0.717) is 37.6 Å². The monoisotopic (exact) mass is 389 g/mol. The van der Waals surface area contributed by atoms with Crippen LogP contribution in [-0.4, -0.2) is 73.1 Å². The molecule has 154 valence electrons. The van der Waals surface area contributed by atoms with Crippen molar-refractivity contribution in [1.29, 1.82) is 0 Å². The van der Waals surface area contributed by atoms with Gasteiger partial charge in [0.15, 0.2) is 0 Å². The molecule has 0 N–H and O–H groups in total. The summed E-state index contributed by atoms with van der Waals surface area (Å²) in [6.07, 6.45) is 5.90. The van der Waals surface area contributed by atoms with E-state index in [-0.39, 0.29) is 17.2 Å². The number of nitrogens with zero attached hydrogens (tertiary/aromatic N) is 3. The van der Waals surface area contributed by atoms with Gasteiger partial charge in [-0.25, -0.2) is 4.98 Å². The van der Waals surface area contributed by atoms with E-state index < -0.39 is 0 Å². The maximum atomic E-state index is 13.2. The van der Waals surface area contributed by atoms with E-state index in [0.717, 1.165) is 45.3 Å². The summed E-state index contributed by atoms with van der Waals surface area (Å²) >= 11 is 0. The number of ether oxygens (including phenoxy) is 2. The molecule has 0 aliphatic carbocycles. The molecule has 2 amide bonds. The Morgan fingerprint density at radius 2 is 2.18 bits per heavy atom. The van der Waals surface area contributed by atoms with Crippen LogP contribution in [0.1, 0.15) is 49.4 Å². The number of hydrogen-bond acceptors (Lipinski definition) is 5. The van der Waals surface area contributed by atoms with Crippen molar-refractivity contribution >= 4 is 11.8 Å². The molecule has 7 heteroatoms. The molecule has 1 aromatic heterocycles. The number of aromatic nitrogens is 1. The number of hydrogen-bond donors (Lipinski definition) is 0. The number of rotatable bonds is 7. The number of carbonyl (C=O) groups excluding carboxylic acids is 2. The van der Waals surface area contributed by atoms with Crippen molar-refractivity contribution in [3.05, 3.63) is 23.9 Å². The third kappa shape index (κ3) is 4.63. The highest BCUT2D eigenvalue weighted by atomic mass is 16.5. The van der Waals surface area contributed by atoms with Gasteiger partial charge in [0.1, 0.15) is 5.56 Å². The average molecular weight is 389 g/mol. The number of methoxy groups -OCH3 is 1. The molecule has 0 radical (unpaired) electrons. The van der Waals surface area contributed by atoms with Gasteiger partial charge in [-0.3, -0.25) is 9.59 Å². The summed E-state index contributed by atoms with van der Waals surface area (Å²) in [5.74, 6) is 0.587. The molecule has 28 heavy (non-hydrogen) atoms. The summed E-state index contributed by atoms with van der Waals surface area (Å²) in [5, 5.41) is 0. The highest BCUT2D eigenvalue weighted by Gasteiger charge is 2.43. The predicted octanol–water partition coefficient (Wildman–Crippen LogP) is 2.36. The first-order valence-electron chi connectivity index (χ1n) is 10.2. The lowest BCUT2D eigenvalue weighted by Crippen LogP contribution is -2.55. The lowest BCUT2D eigenvalue weighted by Gasteiger charge is -2.48. The lowest BCUT2D eigenvalue weighted by molar-refractivity contribution is -0.139. The second-order valence-electron chi connectivity index (χ2n) is 7.78. The topological polar surface area (TPSA) is 72.0 Å². The Kier molecular flexibility index (Phi) is 6.88. The normalized spacial score (nSPS) is 22.6. The van der Waals surface area contributed by atoms with Crippen molar-refractivity contribution in [2.75, 3.05) is 46.5 Å². The van der Waals surface area contributed by atoms with Gasteiger partial charge in [0.2, 0.25) is 11.8 Å². The van der Waals surface area contributed by atoms with E-state index in [2.05, 4.69) is 4.98 Å². The molecule has 0 unspecified atom stereocenters. The Hall–Kier alpha value is -2.15. The van der Waals surface area contributed by atoms with Gasteiger partial charge >= 0.3 is 0 Å². The Balaban J connectivity index is 1.71. The van der Waals surface area contributed by atoms with Crippen LogP contribution in [0.25, 0.3) is 0 Å². The fraction of sp³-hybridized carbons (Fsp3) is 0.667. The largest absolute Gasteiger partial charge is 0.477 e. The van der Waals surface area contributed by atoms with Crippen LogP contribution >= 0.6 is 0 Å². The van der Waals surface area contributed by atoms with Crippen LogP contribution in [0, 0.1) is 5.41 Å². The van der Waals surface area contributed by atoms with Gasteiger partial charge in [-0.15, -0.1) is 0 Å². The number of likely N-dealkylation sites (tertiary alicyclic amines) is 2. The minimum Gasteiger partial charge on any atom is -0.477 e. The van der Waals surface area contributed by atoms with Gasteiger partial charge in [0.05, 0.1) is 6.61 Å². The third-order valence-electron chi connectivity index (χ3n) is 5.76. The SMILES string of the molecule is CCOc1ncccc1C(=O)N1CCC[C@]2(CCC(=O)N(CCCOC)C2)C1. The van der Waals surface area contributed by atoms with Crippen LogP contribution in [-0.2, 0) is 9.53 Å². The summed E-state index contributed by atoms with van der Waals surface area (Å²) in [5.41, 5.74) is 0.508. The quantitative estimate of drug-likeness (QED) is 0.670. The molecule has 7 nitrogen and oxygen atoms in total. The van der Waals surface area contributed by atoms with E-state index in [1.54, 1.807) is 25.4 Å². The summed E-state index contributed by atoms with van der Waals surface area (Å²) in [6.45, 7) is 5.88. The van der Waals surface area contributed by atoms with Gasteiger partial charge in [-0.1, -0.05) is 0 Å². The minimum atomic E-state index is -0.0292. The summed E-state index contributed by atoms with van der Waals surface area (Å²) in [4.78, 5) is 33.6. The van der Waals surface area contributed by atoms with Gasteiger partial charge in [-0.2, -0.15) is 0 Å². The van der Waals surface area contributed by atoms with E-state index >= 15 is 0 Å². The number of piperidine rings is 2. The van der Waals surface area contributed by atoms with Gasteiger partial charge < -0.3 is 19.3 Å². The molecule has 3 heterocycles. The molecular weight excluding hydrogens is 358 g/mol. The Labute approximate surface area is 167 Å². The highest BCUT2D eigenvalue weighted by Crippen LogP contribution is 2.39. The van der Waals surface area contributed by atoms with Crippen LogP contribution in [0.5, 0.6) is 5.88 Å². The molecule has 2 saturated heterocycles. The molecule has 2 fully saturated rings. The van der Waals surface area contributed by atoms with E-state index in [4.69, 9.17) is 9.47 Å². The molecular formula is C21H31N3O4. The summed E-state index contributed by atoms with van der Waals surface area (Å²) in [7, 11) is 1.68. The van der Waals surface area contributed by atoms with E-state index in [1.165, 1.54) is 0 Å². The minimum absolute atomic E-state index is 0.0110. The van der Waals surface area contributed by atoms with Gasteiger partial charge in [0.25, 0.3) is 5.91 Å². The van der Waals surface area contributed by atoms with Crippen molar-refractivity contribution in [1.82, 2.24) is 14.8 Å². The molecule has 0 aromatic carbocycles. The molecule has 2 aliphatic rings. The first-order valence-corrected chi connectivity index (χ1v) is 10.2. The second kappa shape index (κ2) is 9.37. The zero-order valence-corrected chi connectivity index (χ0v) is 17.0. The average Bonchev–Trinajstić information content (AvgIpc) is 2.71. The lowest BCUT2D eigenvalue weighted by atomic mass is 9.73. The molecule has 0 saturated carbocycles. The second-order valence-corrected chi connectivity index (χ2v) is 7.78. The van der Waals surface area contributed by atoms with Crippen molar-refractivity contribution < 1.29 is 19.1 Å². The predicted molar refractivity (Wildman–Crippen MR) is 105 cm³/mol. The molecule has 3 rings (SSSR count). The van der Waals surface area contributed by atoms with Crippen molar-refractivity contribution in [2.45, 2.75) is 39.0 Å². The van der Waals surface area contributed by atoms with Crippen LogP contribution < -0.4 is 4.74 Å². The van der Waals surface area contributed by atoms with Gasteiger partial charge in [0, 0.05) is 57.9 Å². The number of pyridine rings is 1. The number of carbonyl (C=O) groups is 2. The summed E-state index contributed by atoms with van der Waals surface area (Å²) < 4.78 is 10.7. The molecule has 1 aromatic rings. The first-order chi connectivity index (χ1) is 13.6. The third-order valence-corrected chi connectivity index (χ3v) is 5.76. The molecule has 0 bridgehead atoms. The van der Waals surface area contributed by atoms with E-state index in [1.807, 2.05) is 16.7 Å². The summed E-state index contributed by atoms with van der Waals surface area (Å²) in [6, 6.07) is 3.55. The maximum absolute atomic E-state index is 13.2. The maximum Gasteiger partial charge on any atom is 0.259 e. The zero-order valence-electron chi connectivity index (χ0n) is 17.0. The first kappa shape index (κ1) is 20.6. The Morgan fingerprint density at radius 3 is 2.96 bits per heavy atom. The van der Waals surface area contributed by atoms with Crippen LogP contribution in [0.4, 0.5) is 0 Å². The van der Waals surface area contributed by atoms with Crippen LogP contribution in [0.3, 0.4) is 0 Å². The van der Waals surface area contributed by atoms with Crippen molar-refractivity contribution in [2.24, 2.45) is 5.41 Å². The molecule has 1 atom stereocenters. The standard InChI is InChI=1S/C21H31N3O4/c1-3-28-19-17(7-4-11-22-19)20(26)24-12-5-9-21(16-24)10-8-18(25)23(15-21)13-6-14-27-2/h4,7,11H,3,5-6,8-10,12-16H2,1-2H3/t21-/m1/s1. The van der Waals surface area contributed by atoms with E-state index in [9.17, 15) is 9.59 Å². The van der Waals surface area contributed by atoms with Crippen LogP contribution in [0.15, 0.2) is 18.3 Å².